The summed E-state index contributed by atoms with van der Waals surface area (Å²) < 4.78 is 7.66. The molecule has 6 nitrogen and oxygen atoms in total. The van der Waals surface area contributed by atoms with E-state index in [0.717, 1.165) is 42.2 Å². The van der Waals surface area contributed by atoms with Crippen LogP contribution >= 0.6 is 0 Å². The van der Waals surface area contributed by atoms with Crippen molar-refractivity contribution in [2.45, 2.75) is 38.6 Å². The molecule has 1 aliphatic rings. The molecule has 27 heavy (non-hydrogen) atoms. The fraction of sp³-hybridized carbons (Fsp3) is 0.381. The molecule has 0 N–H and O–H groups in total. The zero-order chi connectivity index (χ0) is 18.6. The van der Waals surface area contributed by atoms with Crippen molar-refractivity contribution in [1.82, 2.24) is 19.5 Å². The van der Waals surface area contributed by atoms with E-state index in [0.29, 0.717) is 19.4 Å². The van der Waals surface area contributed by atoms with E-state index in [1.807, 2.05) is 64.9 Å². The van der Waals surface area contributed by atoms with E-state index in [1.54, 1.807) is 0 Å². The van der Waals surface area contributed by atoms with Crippen LogP contribution in [0.4, 0.5) is 0 Å². The van der Waals surface area contributed by atoms with Crippen molar-refractivity contribution in [2.75, 3.05) is 13.2 Å². The van der Waals surface area contributed by atoms with Crippen LogP contribution in [0.1, 0.15) is 43.6 Å². The van der Waals surface area contributed by atoms with E-state index in [2.05, 4.69) is 10.2 Å². The van der Waals surface area contributed by atoms with Gasteiger partial charge in [0.2, 0.25) is 5.91 Å². The number of nitrogens with zero attached hydrogens (tertiary/aromatic N) is 4. The number of rotatable bonds is 6. The predicted octanol–water partition coefficient (Wildman–Crippen LogP) is 3.42. The van der Waals surface area contributed by atoms with Gasteiger partial charge < -0.3 is 9.64 Å². The third kappa shape index (κ3) is 3.52. The third-order valence-corrected chi connectivity index (χ3v) is 5.09. The van der Waals surface area contributed by atoms with Gasteiger partial charge >= 0.3 is 0 Å². The number of carbonyl (C=O) groups is 1. The maximum absolute atomic E-state index is 13.0. The lowest BCUT2D eigenvalue weighted by atomic mass is 10.1. The Labute approximate surface area is 158 Å². The van der Waals surface area contributed by atoms with Gasteiger partial charge in [0.05, 0.1) is 12.6 Å². The Bertz CT molecular complexity index is 937. The molecule has 0 radical (unpaired) electrons. The molecule has 0 saturated carbocycles. The maximum Gasteiger partial charge on any atom is 0.223 e. The molecule has 1 fully saturated rings. The van der Waals surface area contributed by atoms with E-state index < -0.39 is 0 Å². The molecule has 0 aliphatic carbocycles. The Morgan fingerprint density at radius 1 is 1.19 bits per heavy atom. The highest BCUT2D eigenvalue weighted by Gasteiger charge is 2.32. The van der Waals surface area contributed by atoms with Gasteiger partial charge in [-0.1, -0.05) is 24.3 Å². The zero-order valence-corrected chi connectivity index (χ0v) is 15.5. The fourth-order valence-electron chi connectivity index (χ4n) is 3.81. The van der Waals surface area contributed by atoms with Crippen LogP contribution in [0.3, 0.4) is 0 Å². The lowest BCUT2D eigenvalue weighted by Gasteiger charge is -2.23. The van der Waals surface area contributed by atoms with Gasteiger partial charge in [0.15, 0.2) is 11.5 Å². The predicted molar refractivity (Wildman–Crippen MR) is 103 cm³/mol. The second-order valence-electron chi connectivity index (χ2n) is 6.77. The summed E-state index contributed by atoms with van der Waals surface area (Å²) in [5.41, 5.74) is 1.90. The standard InChI is InChI=1S/C21H24N4O2/c1-2-27-18-10-4-3-8-16(18)12-13-20(26)24-15-7-9-17(24)21-23-22-19-11-5-6-14-25(19)21/h3-6,8,10-11,14,17H,2,7,9,12-13,15H2,1H3. The summed E-state index contributed by atoms with van der Waals surface area (Å²) in [7, 11) is 0. The monoisotopic (exact) mass is 364 g/mol. The molecule has 6 heteroatoms. The summed E-state index contributed by atoms with van der Waals surface area (Å²) in [6.07, 6.45) is 5.03. The smallest absolute Gasteiger partial charge is 0.223 e. The molecule has 0 bridgehead atoms. The van der Waals surface area contributed by atoms with Gasteiger partial charge in [0.25, 0.3) is 0 Å². The van der Waals surface area contributed by atoms with Gasteiger partial charge in [-0.2, -0.15) is 0 Å². The molecule has 2 aromatic heterocycles. The fourth-order valence-corrected chi connectivity index (χ4v) is 3.81. The van der Waals surface area contributed by atoms with Gasteiger partial charge in [0, 0.05) is 19.2 Å². The maximum atomic E-state index is 13.0. The highest BCUT2D eigenvalue weighted by molar-refractivity contribution is 5.77. The second-order valence-corrected chi connectivity index (χ2v) is 6.77. The average Bonchev–Trinajstić information content (AvgIpc) is 3.34. The van der Waals surface area contributed by atoms with Crippen molar-refractivity contribution < 1.29 is 9.53 Å². The molecule has 140 valence electrons. The third-order valence-electron chi connectivity index (χ3n) is 5.09. The number of ether oxygens (including phenoxy) is 1. The van der Waals surface area contributed by atoms with Gasteiger partial charge in [-0.25, -0.2) is 0 Å². The Morgan fingerprint density at radius 3 is 2.93 bits per heavy atom. The molecule has 3 aromatic rings. The van der Waals surface area contributed by atoms with Crippen LogP contribution in [0.25, 0.3) is 5.65 Å². The van der Waals surface area contributed by atoms with E-state index in [9.17, 15) is 4.79 Å². The number of likely N-dealkylation sites (tertiary alicyclic amines) is 1. The number of benzene rings is 1. The highest BCUT2D eigenvalue weighted by atomic mass is 16.5. The summed E-state index contributed by atoms with van der Waals surface area (Å²) >= 11 is 0. The van der Waals surface area contributed by atoms with E-state index in [1.165, 1.54) is 0 Å². The Morgan fingerprint density at radius 2 is 2.04 bits per heavy atom. The largest absolute Gasteiger partial charge is 0.494 e. The topological polar surface area (TPSA) is 59.7 Å². The van der Waals surface area contributed by atoms with Crippen LogP contribution in [0, 0.1) is 0 Å². The summed E-state index contributed by atoms with van der Waals surface area (Å²) in [4.78, 5) is 14.9. The second kappa shape index (κ2) is 7.78. The molecular weight excluding hydrogens is 340 g/mol. The Hall–Kier alpha value is -2.89. The van der Waals surface area contributed by atoms with Crippen molar-refractivity contribution in [1.29, 1.82) is 0 Å². The number of hydrogen-bond acceptors (Lipinski definition) is 4. The number of fused-ring (bicyclic) bond motifs is 1. The van der Waals surface area contributed by atoms with E-state index in [4.69, 9.17) is 4.74 Å². The average molecular weight is 364 g/mol. The van der Waals surface area contributed by atoms with Crippen LogP contribution in [0.15, 0.2) is 48.7 Å². The lowest BCUT2D eigenvalue weighted by molar-refractivity contribution is -0.132. The molecule has 1 amide bonds. The normalized spacial score (nSPS) is 16.8. The van der Waals surface area contributed by atoms with Crippen LogP contribution in [-0.4, -0.2) is 38.6 Å². The number of pyridine rings is 1. The first-order valence-corrected chi connectivity index (χ1v) is 9.57. The quantitative estimate of drug-likeness (QED) is 0.672. The summed E-state index contributed by atoms with van der Waals surface area (Å²) in [6.45, 7) is 3.37. The van der Waals surface area contributed by atoms with Crippen molar-refractivity contribution in [3.8, 4) is 5.75 Å². The summed E-state index contributed by atoms with van der Waals surface area (Å²) in [5.74, 6) is 1.89. The number of amides is 1. The molecule has 1 atom stereocenters. The minimum absolute atomic E-state index is 0.00274. The van der Waals surface area contributed by atoms with Gasteiger partial charge in [0.1, 0.15) is 5.75 Å². The minimum atomic E-state index is -0.00274. The number of aromatic nitrogens is 3. The first-order valence-electron chi connectivity index (χ1n) is 9.57. The molecule has 4 rings (SSSR count). The van der Waals surface area contributed by atoms with Crippen molar-refractivity contribution in [3.05, 3.63) is 60.0 Å². The molecule has 1 aromatic carbocycles. The zero-order valence-electron chi connectivity index (χ0n) is 15.5. The van der Waals surface area contributed by atoms with Crippen molar-refractivity contribution in [2.24, 2.45) is 0 Å². The van der Waals surface area contributed by atoms with Gasteiger partial charge in [-0.3, -0.25) is 9.20 Å². The molecule has 3 heterocycles. The number of hydrogen-bond donors (Lipinski definition) is 0. The molecule has 1 aliphatic heterocycles. The highest BCUT2D eigenvalue weighted by Crippen LogP contribution is 2.32. The van der Waals surface area contributed by atoms with Crippen molar-refractivity contribution in [3.63, 3.8) is 0 Å². The first-order chi connectivity index (χ1) is 13.3. The summed E-state index contributed by atoms with van der Waals surface area (Å²) in [5, 5.41) is 8.61. The SMILES string of the molecule is CCOc1ccccc1CCC(=O)N1CCCC1c1nnc2ccccn12. The molecule has 1 saturated heterocycles. The van der Waals surface area contributed by atoms with Crippen LogP contribution < -0.4 is 4.74 Å². The van der Waals surface area contributed by atoms with E-state index in [-0.39, 0.29) is 11.9 Å². The van der Waals surface area contributed by atoms with Crippen molar-refractivity contribution >= 4 is 11.6 Å². The molecule has 0 spiro atoms. The Kier molecular flexibility index (Phi) is 5.05. The minimum Gasteiger partial charge on any atom is -0.494 e. The van der Waals surface area contributed by atoms with Crippen LogP contribution in [-0.2, 0) is 11.2 Å². The van der Waals surface area contributed by atoms with Crippen LogP contribution in [0.5, 0.6) is 5.75 Å². The van der Waals surface area contributed by atoms with E-state index >= 15 is 0 Å². The van der Waals surface area contributed by atoms with Crippen LogP contribution in [0.2, 0.25) is 0 Å². The number of carbonyl (C=O) groups excluding carboxylic acids is 1. The van der Waals surface area contributed by atoms with Gasteiger partial charge in [-0.05, 0) is 49.9 Å². The molecule has 1 unspecified atom stereocenters. The Balaban J connectivity index is 1.48. The number of aryl methyl sites for hydroxylation is 1. The first kappa shape index (κ1) is 17.5. The molecular formula is C21H24N4O2. The number of para-hydroxylation sites is 1. The van der Waals surface area contributed by atoms with Gasteiger partial charge in [-0.15, -0.1) is 10.2 Å². The lowest BCUT2D eigenvalue weighted by Crippen LogP contribution is -2.31. The summed E-state index contributed by atoms with van der Waals surface area (Å²) in [6, 6.07) is 13.8.